The third-order valence-electron chi connectivity index (χ3n) is 5.33. The molecular weight excluding hydrogens is 342 g/mol. The van der Waals surface area contributed by atoms with E-state index in [4.69, 9.17) is 9.72 Å². The van der Waals surface area contributed by atoms with Gasteiger partial charge in [0, 0.05) is 17.5 Å². The van der Waals surface area contributed by atoms with E-state index in [1.165, 1.54) is 27.8 Å². The lowest BCUT2D eigenvalue weighted by Gasteiger charge is -2.11. The van der Waals surface area contributed by atoms with Crippen LogP contribution in [-0.4, -0.2) is 4.98 Å². The molecule has 2 nitrogen and oxygen atoms in total. The summed E-state index contributed by atoms with van der Waals surface area (Å²) in [5.41, 5.74) is 8.10. The number of rotatable bonds is 3. The molecule has 0 amide bonds. The zero-order valence-electron chi connectivity index (χ0n) is 15.8. The Hall–Kier alpha value is -3.39. The van der Waals surface area contributed by atoms with Crippen molar-refractivity contribution in [2.75, 3.05) is 0 Å². The van der Waals surface area contributed by atoms with Gasteiger partial charge in [-0.3, -0.25) is 0 Å². The fraction of sp³-hybridized carbons (Fsp3) is 0.115. The maximum absolute atomic E-state index is 6.35. The molecule has 3 aromatic carbocycles. The molecule has 0 N–H and O–H groups in total. The van der Waals surface area contributed by atoms with Crippen molar-refractivity contribution < 1.29 is 4.74 Å². The average molecular weight is 363 g/mol. The number of hydrogen-bond donors (Lipinski definition) is 0. The minimum absolute atomic E-state index is 0.0107. The second kappa shape index (κ2) is 6.97. The first-order valence-corrected chi connectivity index (χ1v) is 9.66. The van der Waals surface area contributed by atoms with Gasteiger partial charge in [0.15, 0.2) is 0 Å². The molecule has 5 rings (SSSR count). The summed E-state index contributed by atoms with van der Waals surface area (Å²) in [6.07, 6.45) is 0.849. The normalized spacial score (nSPS) is 15.1. The molecule has 1 aromatic heterocycles. The lowest BCUT2D eigenvalue weighted by Crippen LogP contribution is -2.03. The molecule has 0 spiro atoms. The number of fused-ring (bicyclic) bond motifs is 1. The topological polar surface area (TPSA) is 22.1 Å². The molecule has 1 atom stereocenters. The van der Waals surface area contributed by atoms with E-state index in [1.807, 2.05) is 18.2 Å². The largest absolute Gasteiger partial charge is 0.469 e. The fourth-order valence-corrected chi connectivity index (χ4v) is 3.80. The molecule has 0 aliphatic carbocycles. The Morgan fingerprint density at radius 2 is 1.43 bits per heavy atom. The first-order chi connectivity index (χ1) is 13.8. The highest BCUT2D eigenvalue weighted by molar-refractivity contribution is 5.76. The van der Waals surface area contributed by atoms with Gasteiger partial charge < -0.3 is 4.74 Å². The molecule has 4 aromatic rings. The van der Waals surface area contributed by atoms with Crippen LogP contribution in [0.1, 0.15) is 22.8 Å². The average Bonchev–Trinajstić information content (AvgIpc) is 3.19. The van der Waals surface area contributed by atoms with Crippen molar-refractivity contribution in [3.8, 4) is 28.3 Å². The van der Waals surface area contributed by atoms with Gasteiger partial charge in [0.2, 0.25) is 5.88 Å². The number of hydrogen-bond acceptors (Lipinski definition) is 2. The Kier molecular flexibility index (Phi) is 4.17. The third kappa shape index (κ3) is 3.07. The first kappa shape index (κ1) is 16.8. The summed E-state index contributed by atoms with van der Waals surface area (Å²) >= 11 is 0. The lowest BCUT2D eigenvalue weighted by atomic mass is 9.95. The summed E-state index contributed by atoms with van der Waals surface area (Å²) in [5, 5.41) is 0. The van der Waals surface area contributed by atoms with E-state index in [0.717, 1.165) is 23.6 Å². The molecule has 0 saturated heterocycles. The fourth-order valence-electron chi connectivity index (χ4n) is 3.80. The molecule has 1 aliphatic rings. The maximum atomic E-state index is 6.35. The van der Waals surface area contributed by atoms with Crippen LogP contribution in [0.25, 0.3) is 22.4 Å². The minimum atomic E-state index is 0.0107. The van der Waals surface area contributed by atoms with Gasteiger partial charge in [-0.05, 0) is 29.7 Å². The van der Waals surface area contributed by atoms with Gasteiger partial charge in [0.1, 0.15) is 6.10 Å². The monoisotopic (exact) mass is 363 g/mol. The third-order valence-corrected chi connectivity index (χ3v) is 5.33. The highest BCUT2D eigenvalue weighted by Crippen LogP contribution is 2.42. The Bertz CT molecular complexity index is 1100. The van der Waals surface area contributed by atoms with Gasteiger partial charge in [0.25, 0.3) is 0 Å². The number of benzene rings is 3. The maximum Gasteiger partial charge on any atom is 0.218 e. The summed E-state index contributed by atoms with van der Waals surface area (Å²) in [6.45, 7) is 2.11. The Labute approximate surface area is 165 Å². The van der Waals surface area contributed by atoms with Crippen molar-refractivity contribution in [3.63, 3.8) is 0 Å². The molecule has 0 saturated carbocycles. The van der Waals surface area contributed by atoms with Crippen LogP contribution < -0.4 is 4.74 Å². The second-order valence-electron chi connectivity index (χ2n) is 7.29. The number of nitrogens with zero attached hydrogens (tertiary/aromatic N) is 1. The molecule has 2 heterocycles. The first-order valence-electron chi connectivity index (χ1n) is 9.66. The Morgan fingerprint density at radius 1 is 0.786 bits per heavy atom. The van der Waals surface area contributed by atoms with Crippen LogP contribution in [0.15, 0.2) is 91.0 Å². The quantitative estimate of drug-likeness (QED) is 0.420. The number of ether oxygens (including phenoxy) is 1. The summed E-state index contributed by atoms with van der Waals surface area (Å²) in [7, 11) is 0. The van der Waals surface area contributed by atoms with Crippen LogP contribution in [0.2, 0.25) is 0 Å². The molecule has 0 radical (unpaired) electrons. The van der Waals surface area contributed by atoms with Crippen molar-refractivity contribution in [3.05, 3.63) is 108 Å². The van der Waals surface area contributed by atoms with Gasteiger partial charge in [0.05, 0.1) is 5.69 Å². The van der Waals surface area contributed by atoms with Crippen molar-refractivity contribution in [1.82, 2.24) is 4.98 Å². The highest BCUT2D eigenvalue weighted by atomic mass is 16.5. The second-order valence-corrected chi connectivity index (χ2v) is 7.29. The van der Waals surface area contributed by atoms with Crippen LogP contribution in [0.4, 0.5) is 0 Å². The van der Waals surface area contributed by atoms with Crippen LogP contribution in [0, 0.1) is 6.92 Å². The standard InChI is InChI=1S/C26H21NO/c1-18-12-14-21(15-13-18)25-17-23-22(19-8-4-2-5-9-19)16-24(27-26(23)28-25)20-10-6-3-7-11-20/h2-16,25H,17H2,1H3. The predicted octanol–water partition coefficient (Wildman–Crippen LogP) is 6.40. The van der Waals surface area contributed by atoms with Gasteiger partial charge >= 0.3 is 0 Å². The number of pyridine rings is 1. The van der Waals surface area contributed by atoms with E-state index in [1.54, 1.807) is 0 Å². The molecule has 2 heteroatoms. The van der Waals surface area contributed by atoms with Crippen molar-refractivity contribution in [1.29, 1.82) is 0 Å². The van der Waals surface area contributed by atoms with E-state index >= 15 is 0 Å². The molecule has 1 aliphatic heterocycles. The van der Waals surface area contributed by atoms with Gasteiger partial charge in [-0.25, -0.2) is 4.98 Å². The van der Waals surface area contributed by atoms with Gasteiger partial charge in [-0.2, -0.15) is 0 Å². The number of aryl methyl sites for hydroxylation is 1. The van der Waals surface area contributed by atoms with Crippen molar-refractivity contribution in [2.45, 2.75) is 19.4 Å². The molecule has 28 heavy (non-hydrogen) atoms. The van der Waals surface area contributed by atoms with Crippen molar-refractivity contribution in [2.24, 2.45) is 0 Å². The van der Waals surface area contributed by atoms with Crippen LogP contribution >= 0.6 is 0 Å². The zero-order chi connectivity index (χ0) is 18.9. The molecule has 136 valence electrons. The summed E-state index contributed by atoms with van der Waals surface area (Å²) < 4.78 is 6.35. The molecule has 1 unspecified atom stereocenters. The minimum Gasteiger partial charge on any atom is -0.469 e. The number of aromatic nitrogens is 1. The summed E-state index contributed by atoms with van der Waals surface area (Å²) in [6, 6.07) is 31.6. The van der Waals surface area contributed by atoms with E-state index < -0.39 is 0 Å². The highest BCUT2D eigenvalue weighted by Gasteiger charge is 2.29. The zero-order valence-corrected chi connectivity index (χ0v) is 15.8. The summed E-state index contributed by atoms with van der Waals surface area (Å²) in [5.74, 6) is 0.755. The smallest absolute Gasteiger partial charge is 0.218 e. The van der Waals surface area contributed by atoms with E-state index in [0.29, 0.717) is 0 Å². The summed E-state index contributed by atoms with van der Waals surface area (Å²) in [4.78, 5) is 4.88. The lowest BCUT2D eigenvalue weighted by molar-refractivity contribution is 0.231. The van der Waals surface area contributed by atoms with E-state index in [-0.39, 0.29) is 6.10 Å². The Morgan fingerprint density at radius 3 is 2.11 bits per heavy atom. The Balaban J connectivity index is 1.62. The van der Waals surface area contributed by atoms with Crippen LogP contribution in [0.5, 0.6) is 5.88 Å². The SMILES string of the molecule is Cc1ccc(C2Cc3c(-c4ccccc4)cc(-c4ccccc4)nc3O2)cc1. The van der Waals surface area contributed by atoms with E-state index in [9.17, 15) is 0 Å². The van der Waals surface area contributed by atoms with Crippen LogP contribution in [-0.2, 0) is 6.42 Å². The van der Waals surface area contributed by atoms with Gasteiger partial charge in [-0.1, -0.05) is 90.5 Å². The van der Waals surface area contributed by atoms with Gasteiger partial charge in [-0.15, -0.1) is 0 Å². The molecule has 0 fully saturated rings. The molecular formula is C26H21NO. The molecule has 0 bridgehead atoms. The van der Waals surface area contributed by atoms with E-state index in [2.05, 4.69) is 79.7 Å². The predicted molar refractivity (Wildman–Crippen MR) is 113 cm³/mol. The van der Waals surface area contributed by atoms with Crippen LogP contribution in [0.3, 0.4) is 0 Å². The van der Waals surface area contributed by atoms with Crippen molar-refractivity contribution >= 4 is 0 Å².